The fourth-order valence-corrected chi connectivity index (χ4v) is 4.43. The molecule has 0 aliphatic carbocycles. The molecule has 0 radical (unpaired) electrons. The number of esters is 1. The number of nitrogens with one attached hydrogen (secondary N) is 1. The lowest BCUT2D eigenvalue weighted by Gasteiger charge is -2.16. The van der Waals surface area contributed by atoms with E-state index in [2.05, 4.69) is 26.1 Å². The van der Waals surface area contributed by atoms with E-state index in [9.17, 15) is 14.4 Å². The smallest absolute Gasteiger partial charge is 0.306 e. The summed E-state index contributed by atoms with van der Waals surface area (Å²) >= 11 is 0. The molecule has 0 aromatic carbocycles. The fourth-order valence-electron chi connectivity index (χ4n) is 4.43. The van der Waals surface area contributed by atoms with Gasteiger partial charge in [0.05, 0.1) is 6.54 Å². The summed E-state index contributed by atoms with van der Waals surface area (Å²) in [4.78, 5) is 38.2. The van der Waals surface area contributed by atoms with Gasteiger partial charge in [-0.2, -0.15) is 0 Å². The summed E-state index contributed by atoms with van der Waals surface area (Å²) in [6.07, 6.45) is 17.3. The van der Waals surface area contributed by atoms with Crippen LogP contribution in [0.4, 0.5) is 0 Å². The van der Waals surface area contributed by atoms with E-state index in [4.69, 9.17) is 4.74 Å². The minimum atomic E-state index is -0.200. The van der Waals surface area contributed by atoms with E-state index < -0.39 is 0 Å². The van der Waals surface area contributed by atoms with Gasteiger partial charge in [-0.3, -0.25) is 14.4 Å². The quantitative estimate of drug-likeness (QED) is 0.167. The Hall–Kier alpha value is -1.59. The number of rotatable bonds is 20. The maximum atomic E-state index is 12.4. The first-order valence-electron chi connectivity index (χ1n) is 14.2. The molecule has 1 atom stereocenters. The van der Waals surface area contributed by atoms with Gasteiger partial charge in [0.15, 0.2) is 0 Å². The molecule has 1 aliphatic rings. The van der Waals surface area contributed by atoms with Gasteiger partial charge < -0.3 is 15.0 Å². The van der Waals surface area contributed by atoms with Gasteiger partial charge in [0.1, 0.15) is 6.10 Å². The molecule has 0 bridgehead atoms. The zero-order chi connectivity index (χ0) is 25.0. The van der Waals surface area contributed by atoms with Gasteiger partial charge in [-0.1, -0.05) is 85.0 Å². The van der Waals surface area contributed by atoms with E-state index in [0.717, 1.165) is 25.7 Å². The molecule has 0 aromatic heterocycles. The predicted molar refractivity (Wildman–Crippen MR) is 138 cm³/mol. The average Bonchev–Trinajstić information content (AvgIpc) is 3.27. The zero-order valence-corrected chi connectivity index (χ0v) is 22.4. The molecule has 2 amide bonds. The van der Waals surface area contributed by atoms with Crippen molar-refractivity contribution in [1.82, 2.24) is 10.2 Å². The maximum absolute atomic E-state index is 12.4. The molecular formula is C28H52N2O4. The number of nitrogens with zero attached hydrogens (tertiary/aromatic N) is 1. The van der Waals surface area contributed by atoms with Gasteiger partial charge >= 0.3 is 5.97 Å². The van der Waals surface area contributed by atoms with Crippen LogP contribution in [-0.4, -0.2) is 48.4 Å². The van der Waals surface area contributed by atoms with Crippen LogP contribution in [0.2, 0.25) is 0 Å². The van der Waals surface area contributed by atoms with Crippen LogP contribution in [0, 0.1) is 5.92 Å². The minimum Gasteiger partial charge on any atom is -0.460 e. The van der Waals surface area contributed by atoms with Crippen LogP contribution >= 0.6 is 0 Å². The predicted octanol–water partition coefficient (Wildman–Crippen LogP) is 6.16. The average molecular weight is 481 g/mol. The summed E-state index contributed by atoms with van der Waals surface area (Å²) in [6.45, 7) is 8.32. The summed E-state index contributed by atoms with van der Waals surface area (Å²) < 4.78 is 5.58. The third-order valence-electron chi connectivity index (χ3n) is 6.63. The summed E-state index contributed by atoms with van der Waals surface area (Å²) in [7, 11) is 0. The van der Waals surface area contributed by atoms with Crippen molar-refractivity contribution >= 4 is 17.8 Å². The Kier molecular flexibility index (Phi) is 17.6. The van der Waals surface area contributed by atoms with E-state index in [-0.39, 0.29) is 36.7 Å². The lowest BCUT2D eigenvalue weighted by Crippen LogP contribution is -2.32. The number of unbranched alkanes of at least 4 members (excludes halogenated alkanes) is 10. The molecular weight excluding hydrogens is 428 g/mol. The van der Waals surface area contributed by atoms with Crippen LogP contribution in [0.1, 0.15) is 130 Å². The number of carbonyl (C=O) groups excluding carboxylic acids is 3. The van der Waals surface area contributed by atoms with Gasteiger partial charge in [-0.25, -0.2) is 0 Å². The molecule has 1 N–H and O–H groups in total. The minimum absolute atomic E-state index is 0.0266. The van der Waals surface area contributed by atoms with Gasteiger partial charge in [0.25, 0.3) is 0 Å². The number of ether oxygens (including phenoxy) is 1. The first-order chi connectivity index (χ1) is 16.4. The van der Waals surface area contributed by atoms with E-state index in [1.807, 2.05) is 0 Å². The second-order valence-corrected chi connectivity index (χ2v) is 10.4. The number of amides is 2. The van der Waals surface area contributed by atoms with E-state index in [0.29, 0.717) is 38.4 Å². The standard InChI is InChI=1S/C28H52N2O4/c1-4-5-6-7-8-9-10-11-12-13-14-17-28(33)34-25-20-22-30(23-25)27(32)19-18-26(31)29-21-15-16-24(2)3/h24-25H,4-23H2,1-3H3,(H,29,31). The molecule has 1 rings (SSSR count). The van der Waals surface area contributed by atoms with Crippen molar-refractivity contribution in [2.24, 2.45) is 5.92 Å². The van der Waals surface area contributed by atoms with Crippen molar-refractivity contribution in [2.45, 2.75) is 136 Å². The highest BCUT2D eigenvalue weighted by atomic mass is 16.5. The highest BCUT2D eigenvalue weighted by molar-refractivity contribution is 5.84. The topological polar surface area (TPSA) is 75.7 Å². The van der Waals surface area contributed by atoms with Crippen LogP contribution in [0.5, 0.6) is 0 Å². The number of likely N-dealkylation sites (tertiary alicyclic amines) is 1. The van der Waals surface area contributed by atoms with Crippen molar-refractivity contribution in [3.05, 3.63) is 0 Å². The largest absolute Gasteiger partial charge is 0.460 e. The second-order valence-electron chi connectivity index (χ2n) is 10.4. The molecule has 1 aliphatic heterocycles. The van der Waals surface area contributed by atoms with Crippen LogP contribution in [-0.2, 0) is 19.1 Å². The van der Waals surface area contributed by atoms with Gasteiger partial charge in [0, 0.05) is 38.8 Å². The Labute approximate surface area is 208 Å². The highest BCUT2D eigenvalue weighted by Crippen LogP contribution is 2.17. The van der Waals surface area contributed by atoms with Crippen molar-refractivity contribution in [2.75, 3.05) is 19.6 Å². The fraction of sp³-hybridized carbons (Fsp3) is 0.893. The van der Waals surface area contributed by atoms with Gasteiger partial charge in [0.2, 0.25) is 11.8 Å². The Morgan fingerprint density at radius 2 is 1.47 bits per heavy atom. The first kappa shape index (κ1) is 30.4. The van der Waals surface area contributed by atoms with Crippen LogP contribution in [0.15, 0.2) is 0 Å². The molecule has 1 saturated heterocycles. The molecule has 1 fully saturated rings. The third kappa shape index (κ3) is 16.1. The SMILES string of the molecule is CCCCCCCCCCCCCC(=O)OC1CCN(C(=O)CCC(=O)NCCCC(C)C)C1. The van der Waals surface area contributed by atoms with Crippen LogP contribution in [0.25, 0.3) is 0 Å². The van der Waals surface area contributed by atoms with Crippen molar-refractivity contribution < 1.29 is 19.1 Å². The molecule has 198 valence electrons. The van der Waals surface area contributed by atoms with Crippen molar-refractivity contribution in [3.8, 4) is 0 Å². The molecule has 1 heterocycles. The monoisotopic (exact) mass is 480 g/mol. The number of carbonyl (C=O) groups is 3. The highest BCUT2D eigenvalue weighted by Gasteiger charge is 2.28. The molecule has 1 unspecified atom stereocenters. The van der Waals surface area contributed by atoms with Crippen molar-refractivity contribution in [1.29, 1.82) is 0 Å². The summed E-state index contributed by atoms with van der Waals surface area (Å²) in [6, 6.07) is 0. The van der Waals surface area contributed by atoms with Crippen LogP contribution < -0.4 is 5.32 Å². The van der Waals surface area contributed by atoms with E-state index in [1.165, 1.54) is 57.8 Å². The Balaban J connectivity index is 2.01. The summed E-state index contributed by atoms with van der Waals surface area (Å²) in [5, 5.41) is 2.89. The zero-order valence-electron chi connectivity index (χ0n) is 22.4. The molecule has 0 aromatic rings. The number of hydrogen-bond donors (Lipinski definition) is 1. The molecule has 34 heavy (non-hydrogen) atoms. The van der Waals surface area contributed by atoms with E-state index in [1.54, 1.807) is 4.90 Å². The molecule has 6 nitrogen and oxygen atoms in total. The summed E-state index contributed by atoms with van der Waals surface area (Å²) in [5.41, 5.74) is 0. The normalized spacial score (nSPS) is 15.6. The summed E-state index contributed by atoms with van der Waals surface area (Å²) in [5.74, 6) is 0.402. The lowest BCUT2D eigenvalue weighted by molar-refractivity contribution is -0.149. The third-order valence-corrected chi connectivity index (χ3v) is 6.63. The molecule has 6 heteroatoms. The molecule has 0 spiro atoms. The lowest BCUT2D eigenvalue weighted by atomic mass is 10.1. The second kappa shape index (κ2) is 19.7. The van der Waals surface area contributed by atoms with Crippen molar-refractivity contribution in [3.63, 3.8) is 0 Å². The van der Waals surface area contributed by atoms with Crippen LogP contribution in [0.3, 0.4) is 0 Å². The Bertz CT molecular complexity index is 565. The Morgan fingerprint density at radius 1 is 0.853 bits per heavy atom. The number of hydrogen-bond acceptors (Lipinski definition) is 4. The Morgan fingerprint density at radius 3 is 2.09 bits per heavy atom. The van der Waals surface area contributed by atoms with Gasteiger partial charge in [-0.15, -0.1) is 0 Å². The van der Waals surface area contributed by atoms with E-state index >= 15 is 0 Å². The maximum Gasteiger partial charge on any atom is 0.306 e. The molecule has 0 saturated carbocycles. The van der Waals surface area contributed by atoms with Gasteiger partial charge in [-0.05, 0) is 25.2 Å². The first-order valence-corrected chi connectivity index (χ1v) is 14.2.